The number of benzene rings is 1. The van der Waals surface area contributed by atoms with Crippen molar-refractivity contribution in [3.63, 3.8) is 0 Å². The van der Waals surface area contributed by atoms with Gasteiger partial charge < -0.3 is 19.5 Å². The number of carbonyl (C=O) groups excluding carboxylic acids is 2. The van der Waals surface area contributed by atoms with Crippen molar-refractivity contribution in [1.29, 1.82) is 0 Å². The van der Waals surface area contributed by atoms with Crippen LogP contribution >= 0.6 is 11.3 Å². The molecule has 2 heterocycles. The average molecular weight is 417 g/mol. The Bertz CT molecular complexity index is 1120. The summed E-state index contributed by atoms with van der Waals surface area (Å²) >= 11 is 1.12. The Morgan fingerprint density at radius 1 is 1.28 bits per heavy atom. The lowest BCUT2D eigenvalue weighted by atomic mass is 10.2. The first-order valence-corrected chi connectivity index (χ1v) is 9.53. The number of nitrogens with one attached hydrogen (secondary N) is 1. The molecule has 10 heteroatoms. The Kier molecular flexibility index (Phi) is 6.25. The average Bonchev–Trinajstić information content (AvgIpc) is 3.12. The van der Waals surface area contributed by atoms with Gasteiger partial charge >= 0.3 is 5.97 Å². The molecular formula is C19H19N3O6S. The highest BCUT2D eigenvalue weighted by Gasteiger charge is 2.23. The number of aromatic nitrogens is 2. The van der Waals surface area contributed by atoms with E-state index in [-0.39, 0.29) is 24.3 Å². The third-order valence-electron chi connectivity index (χ3n) is 3.95. The fraction of sp³-hybridized carbons (Fsp3) is 0.263. The summed E-state index contributed by atoms with van der Waals surface area (Å²) in [5.41, 5.74) is -0.106. The normalized spacial score (nSPS) is 10.7. The van der Waals surface area contributed by atoms with Gasteiger partial charge in [-0.2, -0.15) is 9.78 Å². The summed E-state index contributed by atoms with van der Waals surface area (Å²) in [6.07, 6.45) is 0. The second kappa shape index (κ2) is 8.84. The number of nitrogens with zero attached hydrogens (tertiary/aromatic N) is 2. The molecule has 0 saturated heterocycles. The van der Waals surface area contributed by atoms with Crippen LogP contribution in [0.15, 0.2) is 34.4 Å². The highest BCUT2D eigenvalue weighted by molar-refractivity contribution is 7.16. The molecule has 152 valence electrons. The van der Waals surface area contributed by atoms with Crippen LogP contribution in [-0.4, -0.2) is 49.1 Å². The van der Waals surface area contributed by atoms with Crippen LogP contribution in [0.4, 0.5) is 5.00 Å². The van der Waals surface area contributed by atoms with Crippen molar-refractivity contribution in [2.45, 2.75) is 6.92 Å². The van der Waals surface area contributed by atoms with Crippen molar-refractivity contribution in [3.05, 3.63) is 45.7 Å². The maximum atomic E-state index is 13.2. The van der Waals surface area contributed by atoms with Crippen LogP contribution in [-0.2, 0) is 14.3 Å². The first-order chi connectivity index (χ1) is 14.0. The Morgan fingerprint density at radius 2 is 2.07 bits per heavy atom. The maximum absolute atomic E-state index is 13.2. The highest BCUT2D eigenvalue weighted by atomic mass is 32.1. The molecule has 0 atom stereocenters. The first-order valence-electron chi connectivity index (χ1n) is 8.65. The first kappa shape index (κ1) is 20.5. The smallest absolute Gasteiger partial charge is 0.359 e. The lowest BCUT2D eigenvalue weighted by Crippen LogP contribution is -2.26. The van der Waals surface area contributed by atoms with E-state index < -0.39 is 17.4 Å². The summed E-state index contributed by atoms with van der Waals surface area (Å²) < 4.78 is 16.2. The van der Waals surface area contributed by atoms with Gasteiger partial charge in [-0.1, -0.05) is 6.07 Å². The van der Waals surface area contributed by atoms with Gasteiger partial charge in [-0.3, -0.25) is 9.59 Å². The summed E-state index contributed by atoms with van der Waals surface area (Å²) in [7, 11) is 2.90. The third kappa shape index (κ3) is 4.13. The van der Waals surface area contributed by atoms with E-state index in [0.717, 1.165) is 16.0 Å². The molecule has 0 spiro atoms. The van der Waals surface area contributed by atoms with Gasteiger partial charge in [-0.05, 0) is 19.1 Å². The van der Waals surface area contributed by atoms with Gasteiger partial charge in [0.15, 0.2) is 5.69 Å². The van der Waals surface area contributed by atoms with Crippen molar-refractivity contribution < 1.29 is 23.8 Å². The third-order valence-corrected chi connectivity index (χ3v) is 4.84. The molecule has 1 aromatic carbocycles. The molecule has 0 radical (unpaired) electrons. The van der Waals surface area contributed by atoms with Crippen LogP contribution in [0.1, 0.15) is 17.4 Å². The van der Waals surface area contributed by atoms with Crippen LogP contribution in [0.25, 0.3) is 16.5 Å². The SMILES string of the molecule is CCOC(=O)c1nn(-c2cccc(OC)c2)c(=O)c2c(NC(=O)COC)scc12. The quantitative estimate of drug-likeness (QED) is 0.587. The number of carbonyl (C=O) groups is 2. The summed E-state index contributed by atoms with van der Waals surface area (Å²) in [5, 5.41) is 9.25. The molecule has 0 aliphatic carbocycles. The predicted molar refractivity (Wildman–Crippen MR) is 108 cm³/mol. The fourth-order valence-electron chi connectivity index (χ4n) is 2.70. The topological polar surface area (TPSA) is 109 Å². The van der Waals surface area contributed by atoms with Gasteiger partial charge in [0, 0.05) is 23.9 Å². The fourth-order valence-corrected chi connectivity index (χ4v) is 3.66. The summed E-state index contributed by atoms with van der Waals surface area (Å²) in [6, 6.07) is 6.70. The monoisotopic (exact) mass is 417 g/mol. The van der Waals surface area contributed by atoms with Crippen molar-refractivity contribution in [2.24, 2.45) is 0 Å². The van der Waals surface area contributed by atoms with Crippen LogP contribution in [0, 0.1) is 0 Å². The molecule has 0 bridgehead atoms. The van der Waals surface area contributed by atoms with Gasteiger partial charge in [-0.25, -0.2) is 4.79 Å². The van der Waals surface area contributed by atoms with E-state index >= 15 is 0 Å². The molecule has 1 amide bonds. The van der Waals surface area contributed by atoms with Gasteiger partial charge in [0.05, 0.1) is 24.8 Å². The van der Waals surface area contributed by atoms with Gasteiger partial charge in [0.25, 0.3) is 11.5 Å². The minimum atomic E-state index is -0.665. The van der Waals surface area contributed by atoms with Crippen molar-refractivity contribution in [3.8, 4) is 11.4 Å². The Hall–Kier alpha value is -3.24. The lowest BCUT2D eigenvalue weighted by molar-refractivity contribution is -0.119. The number of fused-ring (bicyclic) bond motifs is 1. The second-order valence-electron chi connectivity index (χ2n) is 5.82. The minimum Gasteiger partial charge on any atom is -0.497 e. The summed E-state index contributed by atoms with van der Waals surface area (Å²) in [6.45, 7) is 1.67. The van der Waals surface area contributed by atoms with Crippen LogP contribution in [0.5, 0.6) is 5.75 Å². The van der Waals surface area contributed by atoms with Gasteiger partial charge in [-0.15, -0.1) is 11.3 Å². The van der Waals surface area contributed by atoms with Crippen molar-refractivity contribution in [2.75, 3.05) is 32.8 Å². The minimum absolute atomic E-state index is 0.0206. The van der Waals surface area contributed by atoms with Gasteiger partial charge in [0.2, 0.25) is 0 Å². The maximum Gasteiger partial charge on any atom is 0.359 e. The zero-order chi connectivity index (χ0) is 21.0. The van der Waals surface area contributed by atoms with Crippen LogP contribution in [0.3, 0.4) is 0 Å². The Balaban J connectivity index is 2.25. The van der Waals surface area contributed by atoms with E-state index in [2.05, 4.69) is 10.4 Å². The van der Waals surface area contributed by atoms with Crippen LogP contribution < -0.4 is 15.6 Å². The van der Waals surface area contributed by atoms with E-state index in [4.69, 9.17) is 14.2 Å². The molecule has 29 heavy (non-hydrogen) atoms. The standard InChI is InChI=1S/C19H19N3O6S/c1-4-28-19(25)16-13-10-29-17(20-14(23)9-26-2)15(13)18(24)22(21-16)11-6-5-7-12(8-11)27-3/h5-8,10H,4,9H2,1-3H3,(H,20,23). The molecule has 2 aromatic heterocycles. The zero-order valence-corrected chi connectivity index (χ0v) is 16.9. The Morgan fingerprint density at radius 3 is 2.76 bits per heavy atom. The molecule has 1 N–H and O–H groups in total. The van der Waals surface area contributed by atoms with E-state index in [1.165, 1.54) is 14.2 Å². The van der Waals surface area contributed by atoms with Crippen molar-refractivity contribution >= 4 is 39.0 Å². The van der Waals surface area contributed by atoms with E-state index in [1.54, 1.807) is 36.6 Å². The van der Waals surface area contributed by atoms with E-state index in [1.807, 2.05) is 0 Å². The molecule has 0 aliphatic heterocycles. The van der Waals surface area contributed by atoms with Crippen molar-refractivity contribution in [1.82, 2.24) is 9.78 Å². The number of hydrogen-bond acceptors (Lipinski definition) is 8. The number of ether oxygens (including phenoxy) is 3. The number of esters is 1. The molecule has 0 aliphatic rings. The molecule has 3 aromatic rings. The number of amides is 1. The largest absolute Gasteiger partial charge is 0.497 e. The molecule has 0 saturated carbocycles. The van der Waals surface area contributed by atoms with E-state index in [9.17, 15) is 14.4 Å². The second-order valence-corrected chi connectivity index (χ2v) is 6.70. The highest BCUT2D eigenvalue weighted by Crippen LogP contribution is 2.30. The lowest BCUT2D eigenvalue weighted by Gasteiger charge is -2.10. The number of methoxy groups -OCH3 is 2. The number of rotatable bonds is 7. The number of thiophene rings is 1. The Labute approximate surface area is 169 Å². The number of anilines is 1. The predicted octanol–water partition coefficient (Wildman–Crippen LogP) is 2.22. The number of hydrogen-bond donors (Lipinski definition) is 1. The summed E-state index contributed by atoms with van der Waals surface area (Å²) in [4.78, 5) is 37.7. The molecule has 9 nitrogen and oxygen atoms in total. The molecule has 0 fully saturated rings. The molecule has 0 unspecified atom stereocenters. The van der Waals surface area contributed by atoms with Gasteiger partial charge in [0.1, 0.15) is 17.4 Å². The zero-order valence-electron chi connectivity index (χ0n) is 16.1. The summed E-state index contributed by atoms with van der Waals surface area (Å²) in [5.74, 6) is -0.562. The molecular weight excluding hydrogens is 398 g/mol. The van der Waals surface area contributed by atoms with E-state index in [0.29, 0.717) is 21.8 Å². The molecule has 3 rings (SSSR count). The van der Waals surface area contributed by atoms with Crippen LogP contribution in [0.2, 0.25) is 0 Å².